The van der Waals surface area contributed by atoms with E-state index in [1.807, 2.05) is 6.07 Å². The third-order valence-corrected chi connectivity index (χ3v) is 4.52. The Kier molecular flexibility index (Phi) is 5.49. The summed E-state index contributed by atoms with van der Waals surface area (Å²) in [4.78, 5) is 0. The van der Waals surface area contributed by atoms with Crippen molar-refractivity contribution in [1.82, 2.24) is 5.32 Å². The van der Waals surface area contributed by atoms with Crippen molar-refractivity contribution >= 4 is 0 Å². The van der Waals surface area contributed by atoms with Crippen LogP contribution in [0.5, 0.6) is 17.2 Å². The number of methoxy groups -OCH3 is 2. The lowest BCUT2D eigenvalue weighted by molar-refractivity contribution is 0.271. The first-order chi connectivity index (χ1) is 12.1. The Morgan fingerprint density at radius 1 is 1.04 bits per heavy atom. The lowest BCUT2D eigenvalue weighted by Gasteiger charge is -2.29. The highest BCUT2D eigenvalue weighted by molar-refractivity contribution is 5.54. The van der Waals surface area contributed by atoms with Gasteiger partial charge in [0.05, 0.1) is 26.9 Å². The molecule has 1 aliphatic heterocycles. The smallest absolute Gasteiger partial charge is 0.164 e. The van der Waals surface area contributed by atoms with Gasteiger partial charge in [0.2, 0.25) is 0 Å². The zero-order valence-electron chi connectivity index (χ0n) is 15.5. The molecule has 4 nitrogen and oxygen atoms in total. The standard InChI is InChI=1S/C21H27NO3/c1-14(2)13-25-16-7-5-15(6-8-16)20-17-9-10-19(23-3)21(24-4)18(17)11-12-22-20/h5-10,14,20,22H,11-13H2,1-4H3. The maximum Gasteiger partial charge on any atom is 0.164 e. The normalized spacial score (nSPS) is 16.4. The lowest BCUT2D eigenvalue weighted by atomic mass is 9.89. The van der Waals surface area contributed by atoms with E-state index >= 15 is 0 Å². The van der Waals surface area contributed by atoms with Crippen molar-refractivity contribution < 1.29 is 14.2 Å². The van der Waals surface area contributed by atoms with E-state index in [1.54, 1.807) is 14.2 Å². The summed E-state index contributed by atoms with van der Waals surface area (Å²) in [6.07, 6.45) is 0.932. The van der Waals surface area contributed by atoms with Gasteiger partial charge in [-0.2, -0.15) is 0 Å². The number of fused-ring (bicyclic) bond motifs is 1. The predicted molar refractivity (Wildman–Crippen MR) is 99.9 cm³/mol. The van der Waals surface area contributed by atoms with Gasteiger partial charge in [-0.1, -0.05) is 32.0 Å². The summed E-state index contributed by atoms with van der Waals surface area (Å²) in [5.41, 5.74) is 3.70. The molecule has 4 heteroatoms. The van der Waals surface area contributed by atoms with Gasteiger partial charge >= 0.3 is 0 Å². The Hall–Kier alpha value is -2.20. The molecular weight excluding hydrogens is 314 g/mol. The van der Waals surface area contributed by atoms with Crippen molar-refractivity contribution in [2.45, 2.75) is 26.3 Å². The summed E-state index contributed by atoms with van der Waals surface area (Å²) in [6, 6.07) is 12.7. The van der Waals surface area contributed by atoms with Gasteiger partial charge in [0.25, 0.3) is 0 Å². The maximum absolute atomic E-state index is 5.79. The number of ether oxygens (including phenoxy) is 3. The van der Waals surface area contributed by atoms with E-state index in [0.717, 1.165) is 36.8 Å². The Labute approximate surface area is 150 Å². The minimum Gasteiger partial charge on any atom is -0.493 e. The lowest BCUT2D eigenvalue weighted by Crippen LogP contribution is -2.30. The van der Waals surface area contributed by atoms with Gasteiger partial charge in [0.1, 0.15) is 5.75 Å². The van der Waals surface area contributed by atoms with Crippen LogP contribution in [0, 0.1) is 5.92 Å². The zero-order chi connectivity index (χ0) is 17.8. The van der Waals surface area contributed by atoms with Gasteiger partial charge in [0, 0.05) is 12.1 Å². The van der Waals surface area contributed by atoms with Crippen LogP contribution in [-0.2, 0) is 6.42 Å². The molecule has 0 fully saturated rings. The molecule has 0 spiro atoms. The molecule has 2 aromatic rings. The molecule has 134 valence electrons. The van der Waals surface area contributed by atoms with Gasteiger partial charge in [-0.15, -0.1) is 0 Å². The molecule has 1 N–H and O–H groups in total. The molecule has 2 aromatic carbocycles. The molecule has 0 amide bonds. The average molecular weight is 341 g/mol. The number of hydrogen-bond acceptors (Lipinski definition) is 4. The molecule has 0 saturated carbocycles. The molecule has 1 heterocycles. The summed E-state index contributed by atoms with van der Waals surface area (Å²) in [5.74, 6) is 3.08. The number of nitrogens with one attached hydrogen (secondary N) is 1. The molecule has 25 heavy (non-hydrogen) atoms. The van der Waals surface area contributed by atoms with Crippen LogP contribution in [0.15, 0.2) is 36.4 Å². The summed E-state index contributed by atoms with van der Waals surface area (Å²) in [5, 5.41) is 3.61. The van der Waals surface area contributed by atoms with Crippen LogP contribution < -0.4 is 19.5 Å². The first-order valence-corrected chi connectivity index (χ1v) is 8.84. The minimum atomic E-state index is 0.155. The molecule has 1 atom stereocenters. The Morgan fingerprint density at radius 3 is 2.44 bits per heavy atom. The van der Waals surface area contributed by atoms with Gasteiger partial charge in [-0.3, -0.25) is 0 Å². The van der Waals surface area contributed by atoms with Crippen LogP contribution in [0.1, 0.15) is 36.6 Å². The largest absolute Gasteiger partial charge is 0.493 e. The van der Waals surface area contributed by atoms with Crippen molar-refractivity contribution in [3.63, 3.8) is 0 Å². The second kappa shape index (κ2) is 7.79. The first kappa shape index (κ1) is 17.6. The van der Waals surface area contributed by atoms with Gasteiger partial charge in [-0.25, -0.2) is 0 Å². The number of rotatable bonds is 6. The Bertz CT molecular complexity index is 710. The van der Waals surface area contributed by atoms with Crippen molar-refractivity contribution in [2.24, 2.45) is 5.92 Å². The summed E-state index contributed by atoms with van der Waals surface area (Å²) >= 11 is 0. The highest BCUT2D eigenvalue weighted by atomic mass is 16.5. The Balaban J connectivity index is 1.88. The van der Waals surface area contributed by atoms with Crippen LogP contribution >= 0.6 is 0 Å². The van der Waals surface area contributed by atoms with Crippen molar-refractivity contribution in [3.05, 3.63) is 53.1 Å². The fraction of sp³-hybridized carbons (Fsp3) is 0.429. The average Bonchev–Trinajstić information content (AvgIpc) is 2.65. The third kappa shape index (κ3) is 3.74. The van der Waals surface area contributed by atoms with Crippen LogP contribution in [0.3, 0.4) is 0 Å². The zero-order valence-corrected chi connectivity index (χ0v) is 15.5. The van der Waals surface area contributed by atoms with Crippen molar-refractivity contribution in [2.75, 3.05) is 27.4 Å². The van der Waals surface area contributed by atoms with Crippen LogP contribution in [-0.4, -0.2) is 27.4 Å². The van der Waals surface area contributed by atoms with E-state index in [-0.39, 0.29) is 6.04 Å². The monoisotopic (exact) mass is 341 g/mol. The van der Waals surface area contributed by atoms with Gasteiger partial charge in [0.15, 0.2) is 11.5 Å². The summed E-state index contributed by atoms with van der Waals surface area (Å²) in [6.45, 7) is 5.95. The molecule has 0 saturated heterocycles. The molecule has 0 bridgehead atoms. The van der Waals surface area contributed by atoms with E-state index in [1.165, 1.54) is 16.7 Å². The Morgan fingerprint density at radius 2 is 1.80 bits per heavy atom. The number of hydrogen-bond donors (Lipinski definition) is 1. The highest BCUT2D eigenvalue weighted by Gasteiger charge is 2.25. The molecule has 1 unspecified atom stereocenters. The minimum absolute atomic E-state index is 0.155. The van der Waals surface area contributed by atoms with Crippen LogP contribution in [0.2, 0.25) is 0 Å². The van der Waals surface area contributed by atoms with E-state index in [9.17, 15) is 0 Å². The van der Waals surface area contributed by atoms with Crippen molar-refractivity contribution in [3.8, 4) is 17.2 Å². The van der Waals surface area contributed by atoms with E-state index in [4.69, 9.17) is 14.2 Å². The quantitative estimate of drug-likeness (QED) is 0.863. The second-order valence-corrected chi connectivity index (χ2v) is 6.78. The second-order valence-electron chi connectivity index (χ2n) is 6.78. The van der Waals surface area contributed by atoms with Crippen LogP contribution in [0.25, 0.3) is 0 Å². The van der Waals surface area contributed by atoms with E-state index < -0.39 is 0 Å². The maximum atomic E-state index is 5.79. The fourth-order valence-corrected chi connectivity index (χ4v) is 3.30. The molecular formula is C21H27NO3. The third-order valence-electron chi connectivity index (χ3n) is 4.52. The summed E-state index contributed by atoms with van der Waals surface area (Å²) in [7, 11) is 3.38. The topological polar surface area (TPSA) is 39.7 Å². The van der Waals surface area contributed by atoms with Crippen molar-refractivity contribution in [1.29, 1.82) is 0 Å². The molecule has 3 rings (SSSR count). The molecule has 1 aliphatic rings. The van der Waals surface area contributed by atoms with Crippen LogP contribution in [0.4, 0.5) is 0 Å². The highest BCUT2D eigenvalue weighted by Crippen LogP contribution is 2.39. The molecule has 0 aliphatic carbocycles. The SMILES string of the molecule is COc1ccc2c(c1OC)CCNC2c1ccc(OCC(C)C)cc1. The molecule has 0 radical (unpaired) electrons. The summed E-state index contributed by atoms with van der Waals surface area (Å²) < 4.78 is 16.9. The van der Waals surface area contributed by atoms with Gasteiger partial charge in [-0.05, 0) is 41.7 Å². The molecule has 0 aromatic heterocycles. The van der Waals surface area contributed by atoms with Gasteiger partial charge < -0.3 is 19.5 Å². The number of benzene rings is 2. The van der Waals surface area contributed by atoms with E-state index in [2.05, 4.69) is 49.5 Å². The predicted octanol–water partition coefficient (Wildman–Crippen LogP) is 3.97. The first-order valence-electron chi connectivity index (χ1n) is 8.84. The fourth-order valence-electron chi connectivity index (χ4n) is 3.30. The van der Waals surface area contributed by atoms with E-state index in [0.29, 0.717) is 5.92 Å².